The smallest absolute Gasteiger partial charge is 0.253 e. The quantitative estimate of drug-likeness (QED) is 0.638. The largest absolute Gasteiger partial charge is 0.508 e. The number of aryl methyl sites for hydroxylation is 1. The van der Waals surface area contributed by atoms with Crippen LogP contribution in [-0.4, -0.2) is 57.9 Å². The molecule has 1 N–H and O–H groups in total. The van der Waals surface area contributed by atoms with Crippen molar-refractivity contribution in [1.29, 1.82) is 0 Å². The number of aromatic hydroxyl groups is 1. The highest BCUT2D eigenvalue weighted by molar-refractivity contribution is 5.99. The van der Waals surface area contributed by atoms with Crippen LogP contribution in [0.2, 0.25) is 0 Å². The van der Waals surface area contributed by atoms with Crippen molar-refractivity contribution in [3.05, 3.63) is 71.5 Å². The van der Waals surface area contributed by atoms with Crippen LogP contribution in [0.5, 0.6) is 5.75 Å². The fraction of sp³-hybridized carbons (Fsp3) is 0.393. The highest BCUT2D eigenvalue weighted by atomic mass is 16.3. The number of amides is 2. The maximum atomic E-state index is 13.2. The molecule has 2 unspecified atom stereocenters. The second-order valence-corrected chi connectivity index (χ2v) is 9.84. The van der Waals surface area contributed by atoms with Gasteiger partial charge in [0.2, 0.25) is 5.91 Å². The molecule has 2 aliphatic heterocycles. The number of hydrogen-bond acceptors (Lipinski definition) is 4. The summed E-state index contributed by atoms with van der Waals surface area (Å²) in [4.78, 5) is 34.3. The Morgan fingerprint density at radius 3 is 2.56 bits per heavy atom. The molecule has 34 heavy (non-hydrogen) atoms. The first kappa shape index (κ1) is 22.4. The highest BCUT2D eigenvalue weighted by Gasteiger charge is 2.35. The number of hydrogen-bond donors (Lipinski definition) is 1. The first-order valence-electron chi connectivity index (χ1n) is 12.2. The van der Waals surface area contributed by atoms with Crippen LogP contribution in [0.15, 0.2) is 54.9 Å². The van der Waals surface area contributed by atoms with Crippen LogP contribution >= 0.6 is 0 Å². The van der Waals surface area contributed by atoms with Crippen molar-refractivity contribution >= 4 is 22.6 Å². The molecule has 2 atom stereocenters. The molecule has 2 saturated heterocycles. The lowest BCUT2D eigenvalue weighted by molar-refractivity contribution is -0.132. The van der Waals surface area contributed by atoms with Gasteiger partial charge in [-0.15, -0.1) is 0 Å². The van der Waals surface area contributed by atoms with Gasteiger partial charge < -0.3 is 14.9 Å². The lowest BCUT2D eigenvalue weighted by Gasteiger charge is -2.36. The predicted molar refractivity (Wildman–Crippen MR) is 132 cm³/mol. The van der Waals surface area contributed by atoms with Crippen molar-refractivity contribution in [2.75, 3.05) is 26.2 Å². The first-order valence-corrected chi connectivity index (χ1v) is 12.2. The van der Waals surface area contributed by atoms with E-state index < -0.39 is 0 Å². The van der Waals surface area contributed by atoms with E-state index in [1.165, 1.54) is 0 Å². The van der Waals surface area contributed by atoms with Gasteiger partial charge in [0.05, 0.1) is 6.42 Å². The van der Waals surface area contributed by atoms with Crippen molar-refractivity contribution in [2.45, 2.75) is 32.6 Å². The number of phenolic OH excluding ortho intramolecular Hbond substituents is 1. The number of benzene rings is 2. The summed E-state index contributed by atoms with van der Waals surface area (Å²) >= 11 is 0. The number of piperidine rings is 1. The summed E-state index contributed by atoms with van der Waals surface area (Å²) < 4.78 is 0. The number of nitrogens with zero attached hydrogens (tertiary/aromatic N) is 3. The van der Waals surface area contributed by atoms with Crippen molar-refractivity contribution in [3.63, 3.8) is 0 Å². The summed E-state index contributed by atoms with van der Waals surface area (Å²) in [5, 5.41) is 11.5. The van der Waals surface area contributed by atoms with E-state index in [-0.39, 0.29) is 17.6 Å². The third kappa shape index (κ3) is 4.76. The van der Waals surface area contributed by atoms with E-state index in [2.05, 4.69) is 4.98 Å². The molecule has 3 aromatic rings. The summed E-state index contributed by atoms with van der Waals surface area (Å²) in [7, 11) is 0. The van der Waals surface area contributed by atoms with Crippen LogP contribution in [0.25, 0.3) is 10.8 Å². The van der Waals surface area contributed by atoms with Gasteiger partial charge in [-0.1, -0.05) is 18.2 Å². The highest BCUT2D eigenvalue weighted by Crippen LogP contribution is 2.32. The SMILES string of the molecule is Cc1cncc(CC(=O)N2CCCC(C3CCN(C(=O)c4ccc5cc(O)ccc5c4)C3)C2)c1. The predicted octanol–water partition coefficient (Wildman–Crippen LogP) is 4.19. The Labute approximate surface area is 200 Å². The molecular formula is C28H31N3O3. The standard InChI is InChI=1S/C28H31N3O3/c1-19-11-20(16-29-15-19)12-27(33)30-9-2-3-24(17-30)25-8-10-31(18-25)28(34)23-5-4-22-14-26(32)7-6-21(22)13-23/h4-7,11,13-16,24-25,32H,2-3,8-10,12,17-18H2,1H3. The van der Waals surface area contributed by atoms with Gasteiger partial charge in [-0.25, -0.2) is 0 Å². The normalized spacial score (nSPS) is 20.6. The average molecular weight is 458 g/mol. The van der Waals surface area contributed by atoms with E-state index in [1.54, 1.807) is 24.5 Å². The third-order valence-electron chi connectivity index (χ3n) is 7.35. The first-order chi connectivity index (χ1) is 16.5. The summed E-state index contributed by atoms with van der Waals surface area (Å²) in [6.07, 6.45) is 7.10. The van der Waals surface area contributed by atoms with Crippen molar-refractivity contribution in [3.8, 4) is 5.75 Å². The van der Waals surface area contributed by atoms with Crippen molar-refractivity contribution < 1.29 is 14.7 Å². The van der Waals surface area contributed by atoms with Gasteiger partial charge in [-0.05, 0) is 84.2 Å². The van der Waals surface area contributed by atoms with Gasteiger partial charge in [-0.2, -0.15) is 0 Å². The molecule has 2 fully saturated rings. The maximum absolute atomic E-state index is 13.2. The molecule has 176 valence electrons. The number of likely N-dealkylation sites (tertiary alicyclic amines) is 2. The van der Waals surface area contributed by atoms with E-state index in [0.717, 1.165) is 67.3 Å². The second-order valence-electron chi connectivity index (χ2n) is 9.84. The molecule has 6 nitrogen and oxygen atoms in total. The summed E-state index contributed by atoms with van der Waals surface area (Å²) in [5.41, 5.74) is 2.73. The van der Waals surface area contributed by atoms with E-state index in [1.807, 2.05) is 47.1 Å². The van der Waals surface area contributed by atoms with E-state index >= 15 is 0 Å². The molecule has 0 saturated carbocycles. The minimum atomic E-state index is 0.0631. The number of phenols is 1. The Hall–Kier alpha value is -3.41. The Bertz CT molecular complexity index is 1220. The number of carbonyl (C=O) groups excluding carboxylic acids is 2. The molecule has 6 heteroatoms. The molecule has 2 aliphatic rings. The Morgan fingerprint density at radius 1 is 0.941 bits per heavy atom. The fourth-order valence-electron chi connectivity index (χ4n) is 5.53. The Balaban J connectivity index is 1.20. The second kappa shape index (κ2) is 9.45. The summed E-state index contributed by atoms with van der Waals surface area (Å²) in [5.74, 6) is 1.33. The van der Waals surface area contributed by atoms with Gasteiger partial charge in [-0.3, -0.25) is 14.6 Å². The molecule has 0 bridgehead atoms. The lowest BCUT2D eigenvalue weighted by atomic mass is 9.84. The molecule has 1 aromatic heterocycles. The van der Waals surface area contributed by atoms with Crippen LogP contribution in [0.1, 0.15) is 40.7 Å². The van der Waals surface area contributed by atoms with E-state index in [0.29, 0.717) is 23.8 Å². The van der Waals surface area contributed by atoms with Gasteiger partial charge in [0.15, 0.2) is 0 Å². The average Bonchev–Trinajstić information content (AvgIpc) is 3.34. The minimum absolute atomic E-state index is 0.0631. The van der Waals surface area contributed by atoms with Crippen LogP contribution < -0.4 is 0 Å². The van der Waals surface area contributed by atoms with E-state index in [4.69, 9.17) is 0 Å². The molecule has 2 amide bonds. The molecule has 0 radical (unpaired) electrons. The zero-order valence-electron chi connectivity index (χ0n) is 19.6. The Morgan fingerprint density at radius 2 is 1.71 bits per heavy atom. The van der Waals surface area contributed by atoms with Crippen molar-refractivity contribution in [2.24, 2.45) is 11.8 Å². The molecule has 0 aliphatic carbocycles. The topological polar surface area (TPSA) is 73.7 Å². The zero-order chi connectivity index (χ0) is 23.7. The number of pyridine rings is 1. The maximum Gasteiger partial charge on any atom is 0.253 e. The lowest BCUT2D eigenvalue weighted by Crippen LogP contribution is -2.43. The molecule has 0 spiro atoms. The van der Waals surface area contributed by atoms with Crippen LogP contribution in [0.3, 0.4) is 0 Å². The number of rotatable bonds is 4. The monoisotopic (exact) mass is 457 g/mol. The Kier molecular flexibility index (Phi) is 6.22. The number of carbonyl (C=O) groups is 2. The van der Waals surface area contributed by atoms with Gasteiger partial charge in [0.1, 0.15) is 5.75 Å². The molecule has 3 heterocycles. The number of aromatic nitrogens is 1. The summed E-state index contributed by atoms with van der Waals surface area (Å²) in [6, 6.07) is 12.9. The van der Waals surface area contributed by atoms with Gasteiger partial charge >= 0.3 is 0 Å². The summed E-state index contributed by atoms with van der Waals surface area (Å²) in [6.45, 7) is 5.10. The molecule has 5 rings (SSSR count). The zero-order valence-corrected chi connectivity index (χ0v) is 19.6. The van der Waals surface area contributed by atoms with Crippen LogP contribution in [0.4, 0.5) is 0 Å². The third-order valence-corrected chi connectivity index (χ3v) is 7.35. The molecular weight excluding hydrogens is 426 g/mol. The van der Waals surface area contributed by atoms with Gasteiger partial charge in [0, 0.05) is 44.1 Å². The minimum Gasteiger partial charge on any atom is -0.508 e. The molecule has 2 aromatic carbocycles. The van der Waals surface area contributed by atoms with E-state index in [9.17, 15) is 14.7 Å². The number of fused-ring (bicyclic) bond motifs is 1. The fourth-order valence-corrected chi connectivity index (χ4v) is 5.53. The van der Waals surface area contributed by atoms with Crippen LogP contribution in [0, 0.1) is 18.8 Å². The van der Waals surface area contributed by atoms with Crippen molar-refractivity contribution in [1.82, 2.24) is 14.8 Å². The van der Waals surface area contributed by atoms with Gasteiger partial charge in [0.25, 0.3) is 5.91 Å². The van der Waals surface area contributed by atoms with Crippen LogP contribution in [-0.2, 0) is 11.2 Å².